The second-order valence-electron chi connectivity index (χ2n) is 5.12. The summed E-state index contributed by atoms with van der Waals surface area (Å²) in [4.78, 5) is 0. The van der Waals surface area contributed by atoms with Crippen molar-refractivity contribution in [1.82, 2.24) is 0 Å². The summed E-state index contributed by atoms with van der Waals surface area (Å²) in [5, 5.41) is 31.0. The van der Waals surface area contributed by atoms with Gasteiger partial charge >= 0.3 is 0 Å². The monoisotopic (exact) mass is 264 g/mol. The normalized spacial score (nSPS) is 12.4. The van der Waals surface area contributed by atoms with Gasteiger partial charge in [-0.25, -0.2) is 0 Å². The van der Waals surface area contributed by atoms with E-state index >= 15 is 0 Å². The Hall–Kier alpha value is -2.68. The Labute approximate surface area is 115 Å². The molecule has 3 aromatic rings. The van der Waals surface area contributed by atoms with Gasteiger partial charge in [-0.3, -0.25) is 0 Å². The third-order valence-electron chi connectivity index (χ3n) is 3.99. The van der Waals surface area contributed by atoms with Crippen LogP contribution >= 0.6 is 0 Å². The zero-order valence-corrected chi connectivity index (χ0v) is 10.6. The van der Waals surface area contributed by atoms with E-state index < -0.39 is 5.75 Å². The molecule has 0 aromatic heterocycles. The lowest BCUT2D eigenvalue weighted by Gasteiger charge is -2.11. The van der Waals surface area contributed by atoms with E-state index in [4.69, 9.17) is 0 Å². The molecule has 0 spiro atoms. The van der Waals surface area contributed by atoms with Crippen LogP contribution < -0.4 is 0 Å². The molecule has 3 nitrogen and oxygen atoms in total. The molecular weight excluding hydrogens is 252 g/mol. The summed E-state index contributed by atoms with van der Waals surface area (Å²) in [6, 6.07) is 13.4. The highest BCUT2D eigenvalue weighted by Gasteiger charge is 2.23. The molecule has 1 aliphatic rings. The fourth-order valence-corrected chi connectivity index (χ4v) is 3.07. The maximum absolute atomic E-state index is 10.2. The SMILES string of the molecule is Oc1cc2ccc3c(c2c(O)c1O)-c1ccccc1C3. The van der Waals surface area contributed by atoms with Gasteiger partial charge in [-0.2, -0.15) is 0 Å². The van der Waals surface area contributed by atoms with Crippen LogP contribution in [0.2, 0.25) is 0 Å². The molecule has 0 heterocycles. The lowest BCUT2D eigenvalue weighted by Crippen LogP contribution is -1.84. The van der Waals surface area contributed by atoms with Gasteiger partial charge in [-0.1, -0.05) is 36.4 Å². The van der Waals surface area contributed by atoms with Crippen molar-refractivity contribution in [2.75, 3.05) is 0 Å². The Balaban J connectivity index is 2.20. The number of hydrogen-bond donors (Lipinski definition) is 3. The molecule has 0 saturated heterocycles. The van der Waals surface area contributed by atoms with Crippen LogP contribution in [0.5, 0.6) is 17.2 Å². The number of rotatable bonds is 0. The quantitative estimate of drug-likeness (QED) is 0.426. The summed E-state index contributed by atoms with van der Waals surface area (Å²) in [6.07, 6.45) is 0.822. The van der Waals surface area contributed by atoms with E-state index in [9.17, 15) is 15.3 Å². The number of phenols is 3. The molecule has 3 aromatic carbocycles. The minimum atomic E-state index is -0.463. The van der Waals surface area contributed by atoms with Gasteiger partial charge < -0.3 is 15.3 Å². The van der Waals surface area contributed by atoms with Crippen molar-refractivity contribution in [3.63, 3.8) is 0 Å². The summed E-state index contributed by atoms with van der Waals surface area (Å²) in [5.74, 6) is -1.02. The molecule has 0 radical (unpaired) electrons. The van der Waals surface area contributed by atoms with Crippen LogP contribution in [-0.4, -0.2) is 15.3 Å². The molecule has 0 bridgehead atoms. The average Bonchev–Trinajstić information content (AvgIpc) is 2.83. The van der Waals surface area contributed by atoms with Gasteiger partial charge in [0.25, 0.3) is 0 Å². The fourth-order valence-electron chi connectivity index (χ4n) is 3.07. The molecule has 1 aliphatic carbocycles. The Morgan fingerprint density at radius 1 is 0.800 bits per heavy atom. The maximum Gasteiger partial charge on any atom is 0.200 e. The molecule has 3 N–H and O–H groups in total. The molecule has 0 aliphatic heterocycles. The van der Waals surface area contributed by atoms with Gasteiger partial charge in [0, 0.05) is 5.39 Å². The first-order valence-corrected chi connectivity index (χ1v) is 6.44. The molecule has 98 valence electrons. The van der Waals surface area contributed by atoms with Crippen LogP contribution in [0.1, 0.15) is 11.1 Å². The highest BCUT2D eigenvalue weighted by Crippen LogP contribution is 2.49. The van der Waals surface area contributed by atoms with E-state index in [1.54, 1.807) is 0 Å². The maximum atomic E-state index is 10.2. The first kappa shape index (κ1) is 11.2. The Bertz CT molecular complexity index is 866. The van der Waals surface area contributed by atoms with Crippen LogP contribution in [0.15, 0.2) is 42.5 Å². The van der Waals surface area contributed by atoms with Crippen LogP contribution in [0.25, 0.3) is 21.9 Å². The van der Waals surface area contributed by atoms with E-state index in [0.29, 0.717) is 10.8 Å². The number of fused-ring (bicyclic) bond motifs is 5. The van der Waals surface area contributed by atoms with E-state index in [2.05, 4.69) is 6.07 Å². The third-order valence-corrected chi connectivity index (χ3v) is 3.99. The van der Waals surface area contributed by atoms with Crippen molar-refractivity contribution >= 4 is 10.8 Å². The van der Waals surface area contributed by atoms with E-state index in [0.717, 1.165) is 23.1 Å². The molecular formula is C17H12O3. The van der Waals surface area contributed by atoms with Crippen molar-refractivity contribution in [3.8, 4) is 28.4 Å². The molecule has 3 heteroatoms. The minimum Gasteiger partial charge on any atom is -0.504 e. The predicted molar refractivity (Wildman–Crippen MR) is 77.2 cm³/mol. The van der Waals surface area contributed by atoms with E-state index in [1.165, 1.54) is 11.6 Å². The summed E-state index contributed by atoms with van der Waals surface area (Å²) in [6.45, 7) is 0. The average molecular weight is 264 g/mol. The van der Waals surface area contributed by atoms with Gasteiger partial charge in [0.15, 0.2) is 11.5 Å². The van der Waals surface area contributed by atoms with Crippen LogP contribution in [0.4, 0.5) is 0 Å². The summed E-state index contributed by atoms with van der Waals surface area (Å²) < 4.78 is 0. The molecule has 20 heavy (non-hydrogen) atoms. The standard InChI is InChI=1S/C17H12O3/c18-13-8-11-6-5-10-7-9-3-1-2-4-12(9)14(10)15(11)17(20)16(13)19/h1-6,8,18-20H,7H2. The van der Waals surface area contributed by atoms with E-state index in [1.807, 2.05) is 30.3 Å². The third kappa shape index (κ3) is 1.29. The van der Waals surface area contributed by atoms with Crippen molar-refractivity contribution < 1.29 is 15.3 Å². The second kappa shape index (κ2) is 3.67. The van der Waals surface area contributed by atoms with Crippen molar-refractivity contribution in [2.45, 2.75) is 6.42 Å². The Morgan fingerprint density at radius 2 is 1.60 bits per heavy atom. The number of aromatic hydroxyl groups is 3. The smallest absolute Gasteiger partial charge is 0.200 e. The van der Waals surface area contributed by atoms with Crippen LogP contribution in [-0.2, 0) is 6.42 Å². The van der Waals surface area contributed by atoms with Gasteiger partial charge in [-0.15, -0.1) is 0 Å². The van der Waals surface area contributed by atoms with Crippen molar-refractivity contribution in [1.29, 1.82) is 0 Å². The lowest BCUT2D eigenvalue weighted by atomic mass is 9.96. The number of phenolic OH excluding ortho intramolecular Hbond substituents is 3. The first-order chi connectivity index (χ1) is 9.66. The summed E-state index contributed by atoms with van der Waals surface area (Å²) >= 11 is 0. The minimum absolute atomic E-state index is 0.256. The van der Waals surface area contributed by atoms with Crippen LogP contribution in [0.3, 0.4) is 0 Å². The first-order valence-electron chi connectivity index (χ1n) is 6.44. The van der Waals surface area contributed by atoms with Crippen LogP contribution in [0, 0.1) is 0 Å². The zero-order chi connectivity index (χ0) is 13.9. The lowest BCUT2D eigenvalue weighted by molar-refractivity contribution is 0.371. The Kier molecular flexibility index (Phi) is 2.05. The zero-order valence-electron chi connectivity index (χ0n) is 10.6. The van der Waals surface area contributed by atoms with Gasteiger partial charge in [-0.05, 0) is 40.1 Å². The number of hydrogen-bond acceptors (Lipinski definition) is 3. The van der Waals surface area contributed by atoms with Gasteiger partial charge in [0.05, 0.1) is 0 Å². The molecule has 0 unspecified atom stereocenters. The van der Waals surface area contributed by atoms with Crippen molar-refractivity contribution in [2.24, 2.45) is 0 Å². The molecule has 0 fully saturated rings. The van der Waals surface area contributed by atoms with Gasteiger partial charge in [0.2, 0.25) is 5.75 Å². The fraction of sp³-hybridized carbons (Fsp3) is 0.0588. The number of benzene rings is 3. The Morgan fingerprint density at radius 3 is 2.45 bits per heavy atom. The molecule has 0 amide bonds. The van der Waals surface area contributed by atoms with Gasteiger partial charge in [0.1, 0.15) is 0 Å². The summed E-state index contributed by atoms with van der Waals surface area (Å²) in [7, 11) is 0. The molecule has 0 atom stereocenters. The largest absolute Gasteiger partial charge is 0.504 e. The highest BCUT2D eigenvalue weighted by molar-refractivity contribution is 6.06. The van der Waals surface area contributed by atoms with E-state index in [-0.39, 0.29) is 11.5 Å². The molecule has 0 saturated carbocycles. The van der Waals surface area contributed by atoms with Crippen molar-refractivity contribution in [3.05, 3.63) is 53.6 Å². The predicted octanol–water partition coefficient (Wildman–Crippen LogP) is 3.53. The summed E-state index contributed by atoms with van der Waals surface area (Å²) in [5.41, 5.74) is 4.36. The topological polar surface area (TPSA) is 60.7 Å². The second-order valence-corrected chi connectivity index (χ2v) is 5.12. The molecule has 4 rings (SSSR count). The highest BCUT2D eigenvalue weighted by atomic mass is 16.3.